The summed E-state index contributed by atoms with van der Waals surface area (Å²) in [6.45, 7) is 2.64. The molecule has 0 saturated heterocycles. The number of carbonyl (C=O) groups excluding carboxylic acids is 2. The number of esters is 1. The quantitative estimate of drug-likeness (QED) is 0.639. The average molecular weight is 333 g/mol. The van der Waals surface area contributed by atoms with Crippen molar-refractivity contribution in [1.82, 2.24) is 5.32 Å². The Balaban J connectivity index is 2.16. The second-order valence-electron chi connectivity index (χ2n) is 6.32. The first-order chi connectivity index (χ1) is 11.6. The fourth-order valence-electron chi connectivity index (χ4n) is 3.14. The minimum Gasteiger partial charge on any atom is -0.494 e. The van der Waals surface area contributed by atoms with E-state index in [4.69, 9.17) is 9.47 Å². The lowest BCUT2D eigenvalue weighted by Crippen LogP contribution is -2.54. The molecule has 24 heavy (non-hydrogen) atoms. The third-order valence-electron chi connectivity index (χ3n) is 4.46. The summed E-state index contributed by atoms with van der Waals surface area (Å²) in [6.07, 6.45) is 6.13. The smallest absolute Gasteiger partial charge is 0.331 e. The Bertz CT molecular complexity index is 562. The van der Waals surface area contributed by atoms with Crippen LogP contribution in [-0.4, -0.2) is 31.1 Å². The molecule has 5 heteroatoms. The molecule has 0 bridgehead atoms. The lowest BCUT2D eigenvalue weighted by Gasteiger charge is -2.31. The predicted octanol–water partition coefficient (Wildman–Crippen LogP) is 3.47. The zero-order chi connectivity index (χ0) is 17.4. The Morgan fingerprint density at radius 1 is 1.17 bits per heavy atom. The number of methoxy groups -OCH3 is 1. The fourth-order valence-corrected chi connectivity index (χ4v) is 3.14. The lowest BCUT2D eigenvalue weighted by molar-refractivity contribution is -0.148. The van der Waals surface area contributed by atoms with E-state index in [0.717, 1.165) is 32.1 Å². The highest BCUT2D eigenvalue weighted by Crippen LogP contribution is 2.29. The topological polar surface area (TPSA) is 64.6 Å². The maximum absolute atomic E-state index is 12.7. The monoisotopic (exact) mass is 333 g/mol. The van der Waals surface area contributed by atoms with E-state index in [2.05, 4.69) is 5.32 Å². The maximum Gasteiger partial charge on any atom is 0.331 e. The molecule has 1 amide bonds. The van der Waals surface area contributed by atoms with Crippen LogP contribution in [0.4, 0.5) is 0 Å². The van der Waals surface area contributed by atoms with Gasteiger partial charge in [-0.15, -0.1) is 0 Å². The fraction of sp³-hybridized carbons (Fsp3) is 0.579. The molecular weight excluding hydrogens is 306 g/mol. The SMILES string of the molecule is CCCOc1cccc(C(=O)NC2(C(=O)OC)CCCCCC2)c1. The molecule has 0 unspecified atom stereocenters. The maximum atomic E-state index is 12.7. The van der Waals surface area contributed by atoms with Crippen LogP contribution in [0.1, 0.15) is 62.2 Å². The molecule has 1 aliphatic rings. The highest BCUT2D eigenvalue weighted by molar-refractivity contribution is 5.98. The molecule has 1 aromatic rings. The summed E-state index contributed by atoms with van der Waals surface area (Å²) >= 11 is 0. The molecule has 0 spiro atoms. The first kappa shape index (κ1) is 18.3. The van der Waals surface area contributed by atoms with E-state index in [9.17, 15) is 9.59 Å². The minimum atomic E-state index is -0.914. The molecule has 0 radical (unpaired) electrons. The van der Waals surface area contributed by atoms with Crippen molar-refractivity contribution in [3.05, 3.63) is 29.8 Å². The second kappa shape index (κ2) is 8.71. The highest BCUT2D eigenvalue weighted by atomic mass is 16.5. The zero-order valence-corrected chi connectivity index (χ0v) is 14.6. The molecule has 1 aliphatic carbocycles. The van der Waals surface area contributed by atoms with Crippen LogP contribution in [0.3, 0.4) is 0 Å². The van der Waals surface area contributed by atoms with Gasteiger partial charge in [0.25, 0.3) is 5.91 Å². The number of amides is 1. The lowest BCUT2D eigenvalue weighted by atomic mass is 9.89. The standard InChI is InChI=1S/C19H27NO4/c1-3-13-24-16-10-8-9-15(14-16)17(21)20-19(18(22)23-2)11-6-4-5-7-12-19/h8-10,14H,3-7,11-13H2,1-2H3,(H,20,21). The molecule has 5 nitrogen and oxygen atoms in total. The van der Waals surface area contributed by atoms with E-state index < -0.39 is 5.54 Å². The number of ether oxygens (including phenoxy) is 2. The number of hydrogen-bond acceptors (Lipinski definition) is 4. The van der Waals surface area contributed by atoms with Crippen molar-refractivity contribution in [2.75, 3.05) is 13.7 Å². The van der Waals surface area contributed by atoms with Gasteiger partial charge >= 0.3 is 5.97 Å². The third kappa shape index (κ3) is 4.49. The molecule has 1 aromatic carbocycles. The highest BCUT2D eigenvalue weighted by Gasteiger charge is 2.41. The van der Waals surface area contributed by atoms with E-state index >= 15 is 0 Å². The summed E-state index contributed by atoms with van der Waals surface area (Å²) in [5, 5.41) is 2.95. The van der Waals surface area contributed by atoms with E-state index in [1.807, 2.05) is 13.0 Å². The number of carbonyl (C=O) groups is 2. The molecule has 0 aromatic heterocycles. The van der Waals surface area contributed by atoms with Crippen LogP contribution in [0.5, 0.6) is 5.75 Å². The average Bonchev–Trinajstić information content (AvgIpc) is 2.86. The van der Waals surface area contributed by atoms with Gasteiger partial charge < -0.3 is 14.8 Å². The van der Waals surface area contributed by atoms with Crippen LogP contribution in [-0.2, 0) is 9.53 Å². The van der Waals surface area contributed by atoms with Gasteiger partial charge in [-0.05, 0) is 37.5 Å². The molecule has 1 fully saturated rings. The van der Waals surface area contributed by atoms with Crippen molar-refractivity contribution in [2.24, 2.45) is 0 Å². The Morgan fingerprint density at radius 3 is 2.50 bits per heavy atom. The van der Waals surface area contributed by atoms with E-state index in [-0.39, 0.29) is 11.9 Å². The molecule has 0 aliphatic heterocycles. The molecule has 132 valence electrons. The van der Waals surface area contributed by atoms with Crippen molar-refractivity contribution < 1.29 is 19.1 Å². The van der Waals surface area contributed by atoms with Crippen LogP contribution >= 0.6 is 0 Å². The van der Waals surface area contributed by atoms with Gasteiger partial charge in [0.15, 0.2) is 0 Å². The number of nitrogens with one attached hydrogen (secondary N) is 1. The Kier molecular flexibility index (Phi) is 6.64. The van der Waals surface area contributed by atoms with Crippen LogP contribution in [0.2, 0.25) is 0 Å². The zero-order valence-electron chi connectivity index (χ0n) is 14.6. The van der Waals surface area contributed by atoms with E-state index in [0.29, 0.717) is 30.8 Å². The number of hydrogen-bond donors (Lipinski definition) is 1. The van der Waals surface area contributed by atoms with Gasteiger partial charge in [-0.25, -0.2) is 4.79 Å². The summed E-state index contributed by atoms with van der Waals surface area (Å²) in [5.74, 6) is 0.0536. The molecule has 1 N–H and O–H groups in total. The van der Waals surface area contributed by atoms with Crippen molar-refractivity contribution in [3.63, 3.8) is 0 Å². The van der Waals surface area contributed by atoms with Crippen molar-refractivity contribution in [3.8, 4) is 5.75 Å². The second-order valence-corrected chi connectivity index (χ2v) is 6.32. The van der Waals surface area contributed by atoms with E-state index in [1.165, 1.54) is 7.11 Å². The van der Waals surface area contributed by atoms with Crippen LogP contribution in [0, 0.1) is 0 Å². The number of rotatable bonds is 6. The van der Waals surface area contributed by atoms with Gasteiger partial charge in [-0.2, -0.15) is 0 Å². The minimum absolute atomic E-state index is 0.260. The summed E-state index contributed by atoms with van der Waals surface area (Å²) in [7, 11) is 1.38. The first-order valence-corrected chi connectivity index (χ1v) is 8.75. The normalized spacial score (nSPS) is 16.8. The predicted molar refractivity (Wildman–Crippen MR) is 92.1 cm³/mol. The van der Waals surface area contributed by atoms with Gasteiger partial charge in [0.1, 0.15) is 11.3 Å². The van der Waals surface area contributed by atoms with E-state index in [1.54, 1.807) is 18.2 Å². The summed E-state index contributed by atoms with van der Waals surface area (Å²) in [4.78, 5) is 25.1. The molecular formula is C19H27NO4. The van der Waals surface area contributed by atoms with Crippen LogP contribution < -0.4 is 10.1 Å². The Hall–Kier alpha value is -2.04. The van der Waals surface area contributed by atoms with Crippen molar-refractivity contribution in [2.45, 2.75) is 57.4 Å². The summed E-state index contributed by atoms with van der Waals surface area (Å²) < 4.78 is 10.6. The Morgan fingerprint density at radius 2 is 1.88 bits per heavy atom. The van der Waals surface area contributed by atoms with Crippen molar-refractivity contribution >= 4 is 11.9 Å². The number of benzene rings is 1. The van der Waals surface area contributed by atoms with Gasteiger partial charge in [-0.1, -0.05) is 38.7 Å². The summed E-state index contributed by atoms with van der Waals surface area (Å²) in [5.41, 5.74) is -0.418. The van der Waals surface area contributed by atoms with Crippen LogP contribution in [0.15, 0.2) is 24.3 Å². The largest absolute Gasteiger partial charge is 0.494 e. The van der Waals surface area contributed by atoms with Gasteiger partial charge in [0.2, 0.25) is 0 Å². The molecule has 0 atom stereocenters. The van der Waals surface area contributed by atoms with Gasteiger partial charge in [-0.3, -0.25) is 4.79 Å². The summed E-state index contributed by atoms with van der Waals surface area (Å²) in [6, 6.07) is 7.06. The van der Waals surface area contributed by atoms with Crippen LogP contribution in [0.25, 0.3) is 0 Å². The molecule has 1 saturated carbocycles. The molecule has 0 heterocycles. The molecule has 2 rings (SSSR count). The Labute approximate surface area is 143 Å². The third-order valence-corrected chi connectivity index (χ3v) is 4.46. The van der Waals surface area contributed by atoms with Gasteiger partial charge in [0, 0.05) is 5.56 Å². The van der Waals surface area contributed by atoms with Crippen molar-refractivity contribution in [1.29, 1.82) is 0 Å². The van der Waals surface area contributed by atoms with Gasteiger partial charge in [0.05, 0.1) is 13.7 Å². The first-order valence-electron chi connectivity index (χ1n) is 8.75.